The van der Waals surface area contributed by atoms with Gasteiger partial charge in [0, 0.05) is 12.3 Å². The minimum Gasteiger partial charge on any atom is -0.377 e. The summed E-state index contributed by atoms with van der Waals surface area (Å²) in [7, 11) is -3.28. The summed E-state index contributed by atoms with van der Waals surface area (Å²) in [5.41, 5.74) is 2.38. The summed E-state index contributed by atoms with van der Waals surface area (Å²) in [6.07, 6.45) is 2.62. The van der Waals surface area contributed by atoms with Crippen LogP contribution in [0.1, 0.15) is 24.1 Å². The van der Waals surface area contributed by atoms with E-state index in [-0.39, 0.29) is 11.1 Å². The number of nitriles is 1. The lowest BCUT2D eigenvalue weighted by molar-refractivity contribution is 0.598. The zero-order valence-corrected chi connectivity index (χ0v) is 12.6. The average Bonchev–Trinajstić information content (AvgIpc) is 2.47. The Balaban J connectivity index is 2.12. The van der Waals surface area contributed by atoms with Gasteiger partial charge >= 0.3 is 0 Å². The van der Waals surface area contributed by atoms with Crippen LogP contribution < -0.4 is 5.32 Å². The Hall–Kier alpha value is -2.39. The van der Waals surface area contributed by atoms with Crippen LogP contribution in [0.5, 0.6) is 0 Å². The Morgan fingerprint density at radius 1 is 1.19 bits per heavy atom. The monoisotopic (exact) mass is 301 g/mol. The molecule has 0 bridgehead atoms. The van der Waals surface area contributed by atoms with Crippen LogP contribution in [0.3, 0.4) is 0 Å². The molecular formula is C15H15N3O2S. The van der Waals surface area contributed by atoms with Crippen LogP contribution in [0.2, 0.25) is 0 Å². The summed E-state index contributed by atoms with van der Waals surface area (Å²) >= 11 is 0. The number of hydrogen-bond donors (Lipinski definition) is 1. The van der Waals surface area contributed by atoms with Gasteiger partial charge in [0.25, 0.3) is 0 Å². The smallest absolute Gasteiger partial charge is 0.192 e. The first-order valence-electron chi connectivity index (χ1n) is 6.33. The molecule has 108 valence electrons. The van der Waals surface area contributed by atoms with Crippen molar-refractivity contribution in [3.8, 4) is 6.07 Å². The molecule has 6 heteroatoms. The van der Waals surface area contributed by atoms with Crippen LogP contribution in [0.4, 0.5) is 5.69 Å². The predicted octanol–water partition coefficient (Wildman–Crippen LogP) is 2.53. The van der Waals surface area contributed by atoms with E-state index in [2.05, 4.69) is 16.4 Å². The zero-order valence-electron chi connectivity index (χ0n) is 11.7. The maximum atomic E-state index is 11.3. The Morgan fingerprint density at radius 2 is 1.86 bits per heavy atom. The first-order valence-corrected chi connectivity index (χ1v) is 8.22. The van der Waals surface area contributed by atoms with E-state index in [1.807, 2.05) is 19.1 Å². The van der Waals surface area contributed by atoms with Gasteiger partial charge in [0.1, 0.15) is 0 Å². The van der Waals surface area contributed by atoms with Crippen LogP contribution in [0, 0.1) is 11.3 Å². The van der Waals surface area contributed by atoms with Gasteiger partial charge in [0.15, 0.2) is 14.9 Å². The molecule has 0 spiro atoms. The van der Waals surface area contributed by atoms with Crippen molar-refractivity contribution >= 4 is 15.5 Å². The number of benzene rings is 1. The predicted molar refractivity (Wildman–Crippen MR) is 80.5 cm³/mol. The van der Waals surface area contributed by atoms with Crippen LogP contribution in [-0.2, 0) is 9.84 Å². The molecule has 2 aromatic rings. The van der Waals surface area contributed by atoms with Crippen molar-refractivity contribution < 1.29 is 8.42 Å². The highest BCUT2D eigenvalue weighted by Crippen LogP contribution is 2.19. The van der Waals surface area contributed by atoms with Gasteiger partial charge in [-0.05, 0) is 36.8 Å². The van der Waals surface area contributed by atoms with Gasteiger partial charge in [-0.3, -0.25) is 0 Å². The number of pyridine rings is 1. The van der Waals surface area contributed by atoms with Gasteiger partial charge < -0.3 is 5.32 Å². The normalized spacial score (nSPS) is 12.4. The summed E-state index contributed by atoms with van der Waals surface area (Å²) in [6, 6.07) is 12.5. The van der Waals surface area contributed by atoms with Crippen molar-refractivity contribution in [1.29, 1.82) is 5.26 Å². The molecule has 0 fully saturated rings. The lowest BCUT2D eigenvalue weighted by atomic mass is 10.1. The van der Waals surface area contributed by atoms with Gasteiger partial charge in [0.05, 0.1) is 23.5 Å². The Labute approximate surface area is 124 Å². The molecule has 1 aromatic carbocycles. The van der Waals surface area contributed by atoms with E-state index in [9.17, 15) is 8.42 Å². The number of rotatable bonds is 4. The van der Waals surface area contributed by atoms with Crippen LogP contribution in [0.25, 0.3) is 0 Å². The Bertz CT molecular complexity index is 760. The highest BCUT2D eigenvalue weighted by Gasteiger charge is 2.09. The SMILES string of the molecule is CC(Nc1ccc(S(C)(=O)=O)nc1)c1ccc(C#N)cc1. The molecule has 1 N–H and O–H groups in total. The van der Waals surface area contributed by atoms with E-state index in [0.29, 0.717) is 5.56 Å². The van der Waals surface area contributed by atoms with Crippen molar-refractivity contribution in [2.24, 2.45) is 0 Å². The molecule has 1 atom stereocenters. The van der Waals surface area contributed by atoms with Crippen LogP contribution >= 0.6 is 0 Å². The fourth-order valence-electron chi connectivity index (χ4n) is 1.86. The molecule has 0 aliphatic rings. The lowest BCUT2D eigenvalue weighted by Gasteiger charge is -2.15. The number of hydrogen-bond acceptors (Lipinski definition) is 5. The van der Waals surface area contributed by atoms with Crippen LogP contribution in [-0.4, -0.2) is 19.7 Å². The molecule has 0 saturated heterocycles. The van der Waals surface area contributed by atoms with Gasteiger partial charge in [0.2, 0.25) is 0 Å². The minimum atomic E-state index is -3.28. The number of sulfone groups is 1. The van der Waals surface area contributed by atoms with Crippen molar-refractivity contribution in [3.63, 3.8) is 0 Å². The Morgan fingerprint density at radius 3 is 2.33 bits per heavy atom. The molecule has 0 amide bonds. The van der Waals surface area contributed by atoms with Crippen molar-refractivity contribution in [2.45, 2.75) is 18.0 Å². The van der Waals surface area contributed by atoms with Gasteiger partial charge in [-0.1, -0.05) is 12.1 Å². The summed E-state index contributed by atoms with van der Waals surface area (Å²) in [5, 5.41) is 12.1. The van der Waals surface area contributed by atoms with E-state index in [4.69, 9.17) is 5.26 Å². The second-order valence-electron chi connectivity index (χ2n) is 4.76. The molecule has 0 saturated carbocycles. The highest BCUT2D eigenvalue weighted by molar-refractivity contribution is 7.90. The summed E-state index contributed by atoms with van der Waals surface area (Å²) in [6.45, 7) is 1.98. The highest BCUT2D eigenvalue weighted by atomic mass is 32.2. The first-order chi connectivity index (χ1) is 9.90. The van der Waals surface area contributed by atoms with Gasteiger partial charge in [-0.2, -0.15) is 5.26 Å². The molecule has 0 aliphatic heterocycles. The van der Waals surface area contributed by atoms with E-state index >= 15 is 0 Å². The topological polar surface area (TPSA) is 82.8 Å². The molecule has 1 aromatic heterocycles. The molecular weight excluding hydrogens is 286 g/mol. The first kappa shape index (κ1) is 15.0. The quantitative estimate of drug-likeness (QED) is 0.938. The molecule has 0 aliphatic carbocycles. The third-order valence-corrected chi connectivity index (χ3v) is 4.04. The second-order valence-corrected chi connectivity index (χ2v) is 6.72. The average molecular weight is 301 g/mol. The maximum absolute atomic E-state index is 11.3. The molecule has 1 unspecified atom stereocenters. The molecule has 5 nitrogen and oxygen atoms in total. The third-order valence-electron chi connectivity index (χ3n) is 3.04. The fraction of sp³-hybridized carbons (Fsp3) is 0.200. The summed E-state index contributed by atoms with van der Waals surface area (Å²) in [5.74, 6) is 0. The second kappa shape index (κ2) is 5.94. The van der Waals surface area contributed by atoms with Crippen molar-refractivity contribution in [3.05, 3.63) is 53.7 Å². The Kier molecular flexibility index (Phi) is 4.24. The number of nitrogens with zero attached hydrogens (tertiary/aromatic N) is 2. The van der Waals surface area contributed by atoms with Crippen LogP contribution in [0.15, 0.2) is 47.6 Å². The largest absolute Gasteiger partial charge is 0.377 e. The van der Waals surface area contributed by atoms with Crippen molar-refractivity contribution in [2.75, 3.05) is 11.6 Å². The molecule has 0 radical (unpaired) electrons. The molecule has 21 heavy (non-hydrogen) atoms. The van der Waals surface area contributed by atoms with E-state index in [1.165, 1.54) is 12.3 Å². The third kappa shape index (κ3) is 3.80. The molecule has 1 heterocycles. The molecule has 2 rings (SSSR count). The fourth-order valence-corrected chi connectivity index (χ4v) is 2.42. The van der Waals surface area contributed by atoms with E-state index in [0.717, 1.165) is 17.5 Å². The number of anilines is 1. The summed E-state index contributed by atoms with van der Waals surface area (Å²) < 4.78 is 22.7. The summed E-state index contributed by atoms with van der Waals surface area (Å²) in [4.78, 5) is 3.93. The van der Waals surface area contributed by atoms with Crippen molar-refractivity contribution in [1.82, 2.24) is 4.98 Å². The number of aromatic nitrogens is 1. The van der Waals surface area contributed by atoms with E-state index in [1.54, 1.807) is 18.2 Å². The van der Waals surface area contributed by atoms with Gasteiger partial charge in [-0.15, -0.1) is 0 Å². The lowest BCUT2D eigenvalue weighted by Crippen LogP contribution is -2.07. The minimum absolute atomic E-state index is 0.0172. The number of nitrogens with one attached hydrogen (secondary N) is 1. The van der Waals surface area contributed by atoms with E-state index < -0.39 is 9.84 Å². The maximum Gasteiger partial charge on any atom is 0.192 e. The van der Waals surface area contributed by atoms with Gasteiger partial charge in [-0.25, -0.2) is 13.4 Å². The zero-order chi connectivity index (χ0) is 15.5. The standard InChI is InChI=1S/C15H15N3O2S/c1-11(13-5-3-12(9-16)4-6-13)18-14-7-8-15(17-10-14)21(2,19)20/h3-8,10-11,18H,1-2H3.